The predicted octanol–water partition coefficient (Wildman–Crippen LogP) is -0.253. The molecule has 0 aromatic carbocycles. The summed E-state index contributed by atoms with van der Waals surface area (Å²) >= 11 is 25.2. The van der Waals surface area contributed by atoms with E-state index in [2.05, 4.69) is 75.8 Å². The normalized spacial score (nSPS) is 12.2. The van der Waals surface area contributed by atoms with Crippen molar-refractivity contribution in [3.05, 3.63) is 0 Å². The van der Waals surface area contributed by atoms with Gasteiger partial charge in [-0.1, -0.05) is 19.3 Å². The molecule has 14 heteroatoms. The van der Waals surface area contributed by atoms with E-state index >= 15 is 0 Å². The Bertz CT molecular complexity index is 469. The second-order valence-electron chi connectivity index (χ2n) is 8.35. The van der Waals surface area contributed by atoms with Crippen molar-refractivity contribution in [3.63, 3.8) is 0 Å². The zero-order chi connectivity index (χ0) is 28.2. The maximum Gasteiger partial charge on any atom is 2.00 e. The number of hydrogen-bond donors (Lipinski definition) is 6. The molecule has 0 fully saturated rings. The number of aliphatic carboxylic acids is 3. The number of carboxylic acid groups (broad SMARTS) is 3. The minimum absolute atomic E-state index is 0. The first-order valence-corrected chi connectivity index (χ1v) is 15.9. The van der Waals surface area contributed by atoms with Crippen LogP contribution in [0.3, 0.4) is 0 Å². The second kappa shape index (κ2) is 39.1. The van der Waals surface area contributed by atoms with Gasteiger partial charge in [0.2, 0.25) is 0 Å². The first-order chi connectivity index (χ1) is 17.0. The summed E-state index contributed by atoms with van der Waals surface area (Å²) in [5.41, 5.74) is 0. The number of hydrogen-bond acceptors (Lipinski definition) is 12. The van der Waals surface area contributed by atoms with Gasteiger partial charge in [-0.05, 0) is 94.3 Å². The van der Waals surface area contributed by atoms with Gasteiger partial charge in [0.05, 0.1) is 0 Å². The Morgan fingerprint density at radius 3 is 0.842 bits per heavy atom. The van der Waals surface area contributed by atoms with E-state index in [0.29, 0.717) is 35.0 Å². The number of carboxylic acids is 3. The quantitative estimate of drug-likeness (QED) is 0.0556. The monoisotopic (exact) mass is 708 g/mol. The molecule has 0 aromatic heterocycles. The Balaban J connectivity index is -0.000000140. The van der Waals surface area contributed by atoms with Crippen LogP contribution in [0.25, 0.3) is 0 Å². The molecule has 0 saturated heterocycles. The number of rotatable bonds is 21. The molecule has 0 aliphatic rings. The van der Waals surface area contributed by atoms with Crippen LogP contribution in [0.1, 0.15) is 96.3 Å². The molecule has 38 heavy (non-hydrogen) atoms. The minimum Gasteiger partial charge on any atom is -0.550 e. The van der Waals surface area contributed by atoms with Crippen molar-refractivity contribution in [1.29, 1.82) is 0 Å². The minimum atomic E-state index is -0.958. The second-order valence-corrected chi connectivity index (χ2v) is 11.9. The standard InChI is InChI=1S/3C8H16O2S2.Na.Zn/c3*9-8(10)4-2-1-3-7(12)5-6-11;;/h3*7,11-12H,1-6H2,(H,9,10);;/q;;;+1;+2/p-3. The van der Waals surface area contributed by atoms with Crippen LogP contribution in [0.4, 0.5) is 0 Å². The van der Waals surface area contributed by atoms with Crippen LogP contribution >= 0.6 is 75.8 Å². The molecule has 3 unspecified atom stereocenters. The van der Waals surface area contributed by atoms with Crippen LogP contribution < -0.4 is 44.9 Å². The predicted molar refractivity (Wildman–Crippen MR) is 164 cm³/mol. The van der Waals surface area contributed by atoms with Gasteiger partial charge in [-0.15, -0.1) is 0 Å². The summed E-state index contributed by atoms with van der Waals surface area (Å²) in [7, 11) is 0. The Kier molecular flexibility index (Phi) is 51.3. The molecule has 216 valence electrons. The zero-order valence-electron chi connectivity index (χ0n) is 22.8. The third-order valence-electron chi connectivity index (χ3n) is 4.89. The summed E-state index contributed by atoms with van der Waals surface area (Å²) in [6.45, 7) is 0. The van der Waals surface area contributed by atoms with Gasteiger partial charge < -0.3 is 29.7 Å². The molecule has 0 saturated carbocycles. The van der Waals surface area contributed by atoms with Crippen molar-refractivity contribution >= 4 is 93.7 Å². The van der Waals surface area contributed by atoms with Crippen molar-refractivity contribution in [3.8, 4) is 0 Å². The van der Waals surface area contributed by atoms with Crippen LogP contribution in [-0.2, 0) is 33.9 Å². The molecular formula is C24H45NaO6S6Zn. The van der Waals surface area contributed by atoms with Gasteiger partial charge in [0.15, 0.2) is 0 Å². The average molecular weight is 710 g/mol. The Labute approximate surface area is 298 Å². The van der Waals surface area contributed by atoms with Crippen molar-refractivity contribution in [2.24, 2.45) is 0 Å². The molecule has 6 nitrogen and oxygen atoms in total. The van der Waals surface area contributed by atoms with Crippen molar-refractivity contribution in [1.82, 2.24) is 0 Å². The summed E-state index contributed by atoms with van der Waals surface area (Å²) in [5.74, 6) is -0.349. The fourth-order valence-corrected chi connectivity index (χ4v) is 5.31. The van der Waals surface area contributed by atoms with Gasteiger partial charge in [-0.2, -0.15) is 75.8 Å². The SMILES string of the molecule is O=C([O-])CCCCC(S)CCS.O=C([O-])CCCCC(S)CCS.O=C([O-])CCCCC(S)CCS.[Na+].[Zn+2]. The summed E-state index contributed by atoms with van der Waals surface area (Å²) in [6.07, 6.45) is 11.2. The van der Waals surface area contributed by atoms with Gasteiger partial charge in [0.25, 0.3) is 0 Å². The van der Waals surface area contributed by atoms with E-state index in [9.17, 15) is 29.7 Å². The number of carbonyl (C=O) groups excluding carboxylic acids is 3. The van der Waals surface area contributed by atoms with Gasteiger partial charge >= 0.3 is 49.0 Å². The molecule has 0 N–H and O–H groups in total. The fourth-order valence-electron chi connectivity index (χ4n) is 2.83. The van der Waals surface area contributed by atoms with Crippen LogP contribution in [-0.4, -0.2) is 50.9 Å². The van der Waals surface area contributed by atoms with Crippen LogP contribution in [0.2, 0.25) is 0 Å². The fraction of sp³-hybridized carbons (Fsp3) is 0.875. The van der Waals surface area contributed by atoms with E-state index in [1.807, 2.05) is 0 Å². The van der Waals surface area contributed by atoms with E-state index in [4.69, 9.17) is 0 Å². The summed E-state index contributed by atoms with van der Waals surface area (Å²) in [6, 6.07) is 0. The molecular weight excluding hydrogens is 665 g/mol. The van der Waals surface area contributed by atoms with Gasteiger partial charge in [-0.25, -0.2) is 0 Å². The van der Waals surface area contributed by atoms with E-state index in [-0.39, 0.29) is 68.3 Å². The maximum absolute atomic E-state index is 10.0. The maximum atomic E-state index is 10.0. The van der Waals surface area contributed by atoms with Crippen molar-refractivity contribution < 1.29 is 78.7 Å². The molecule has 0 aromatic rings. The molecule has 0 bridgehead atoms. The topological polar surface area (TPSA) is 120 Å². The Hall–Kier alpha value is 2.13. The van der Waals surface area contributed by atoms with Crippen LogP contribution in [0.5, 0.6) is 0 Å². The Morgan fingerprint density at radius 1 is 0.474 bits per heavy atom. The molecule has 3 atom stereocenters. The first-order valence-electron chi connectivity index (χ1n) is 12.5. The van der Waals surface area contributed by atoms with Crippen molar-refractivity contribution in [2.45, 2.75) is 112 Å². The number of carbonyl (C=O) groups is 3. The first kappa shape index (κ1) is 49.8. The van der Waals surface area contributed by atoms with Crippen molar-refractivity contribution in [2.75, 3.05) is 17.3 Å². The third-order valence-corrected chi connectivity index (χ3v) is 7.22. The molecule has 0 radical (unpaired) electrons. The van der Waals surface area contributed by atoms with E-state index in [1.54, 1.807) is 0 Å². The van der Waals surface area contributed by atoms with E-state index in [0.717, 1.165) is 75.0 Å². The Morgan fingerprint density at radius 2 is 0.684 bits per heavy atom. The number of thiol groups is 6. The van der Waals surface area contributed by atoms with Gasteiger partial charge in [-0.3, -0.25) is 0 Å². The smallest absolute Gasteiger partial charge is 0.550 e. The largest absolute Gasteiger partial charge is 2.00 e. The third kappa shape index (κ3) is 50.9. The average Bonchev–Trinajstić information content (AvgIpc) is 2.78. The molecule has 0 heterocycles. The zero-order valence-corrected chi connectivity index (χ0v) is 33.1. The van der Waals surface area contributed by atoms with E-state index in [1.165, 1.54) is 0 Å². The summed E-state index contributed by atoms with van der Waals surface area (Å²) < 4.78 is 0. The molecule has 0 aliphatic carbocycles. The molecule has 0 aliphatic heterocycles. The summed E-state index contributed by atoms with van der Waals surface area (Å²) in [5, 5.41) is 31.2. The molecule has 0 rings (SSSR count). The number of unbranched alkanes of at least 4 members (excludes halogenated alkanes) is 3. The van der Waals surface area contributed by atoms with Crippen LogP contribution in [0.15, 0.2) is 0 Å². The van der Waals surface area contributed by atoms with Crippen LogP contribution in [0, 0.1) is 0 Å². The molecule has 0 spiro atoms. The molecule has 0 amide bonds. The summed E-state index contributed by atoms with van der Waals surface area (Å²) in [4.78, 5) is 30.1. The van der Waals surface area contributed by atoms with Gasteiger partial charge in [0, 0.05) is 33.7 Å². The van der Waals surface area contributed by atoms with E-state index < -0.39 is 17.9 Å². The van der Waals surface area contributed by atoms with Gasteiger partial charge in [0.1, 0.15) is 0 Å².